The smallest absolute Gasteiger partial charge is 0.465 e. The summed E-state index contributed by atoms with van der Waals surface area (Å²) in [4.78, 5) is 11.2. The van der Waals surface area contributed by atoms with E-state index in [1.54, 1.807) is 0 Å². The molecular weight excluding hydrogens is 263 g/mol. The number of benzene rings is 1. The van der Waals surface area contributed by atoms with Crippen LogP contribution in [0.1, 0.15) is 22.3 Å². The first-order valence-electron chi connectivity index (χ1n) is 4.50. The van der Waals surface area contributed by atoms with Gasteiger partial charge in [0.1, 0.15) is 5.75 Å². The predicted molar refractivity (Wildman–Crippen MR) is 49.4 cm³/mol. The summed E-state index contributed by atoms with van der Waals surface area (Å²) in [7, 11) is 0.925. The summed E-state index contributed by atoms with van der Waals surface area (Å²) in [5, 5.41) is 0. The molecule has 0 saturated heterocycles. The van der Waals surface area contributed by atoms with E-state index in [0.29, 0.717) is 18.2 Å². The fourth-order valence-electron chi connectivity index (χ4n) is 1.21. The van der Waals surface area contributed by atoms with Gasteiger partial charge in [-0.2, -0.15) is 0 Å². The Morgan fingerprint density at radius 3 is 2.33 bits per heavy atom. The SMILES string of the molecule is COC(=O)c1cc(OC(F)(F)F)ccc1C(F)F. The van der Waals surface area contributed by atoms with Crippen molar-refractivity contribution >= 4 is 5.97 Å². The van der Waals surface area contributed by atoms with Crippen molar-refractivity contribution in [2.24, 2.45) is 0 Å². The quantitative estimate of drug-likeness (QED) is 0.624. The van der Waals surface area contributed by atoms with Crippen LogP contribution in [0.15, 0.2) is 18.2 Å². The lowest BCUT2D eigenvalue weighted by molar-refractivity contribution is -0.274. The van der Waals surface area contributed by atoms with Gasteiger partial charge in [-0.15, -0.1) is 13.2 Å². The van der Waals surface area contributed by atoms with Crippen LogP contribution in [0.5, 0.6) is 5.75 Å². The number of ether oxygens (including phenoxy) is 2. The first kappa shape index (κ1) is 14.2. The third-order valence-corrected chi connectivity index (χ3v) is 1.90. The van der Waals surface area contributed by atoms with Crippen LogP contribution in [0, 0.1) is 0 Å². The number of hydrogen-bond donors (Lipinski definition) is 0. The molecule has 1 rings (SSSR count). The molecule has 0 radical (unpaired) electrons. The van der Waals surface area contributed by atoms with Gasteiger partial charge in [-0.3, -0.25) is 0 Å². The molecule has 3 nitrogen and oxygen atoms in total. The van der Waals surface area contributed by atoms with Crippen LogP contribution in [-0.2, 0) is 4.74 Å². The van der Waals surface area contributed by atoms with E-state index in [1.807, 2.05) is 0 Å². The van der Waals surface area contributed by atoms with E-state index in [2.05, 4.69) is 9.47 Å². The molecule has 1 aromatic rings. The largest absolute Gasteiger partial charge is 0.573 e. The number of methoxy groups -OCH3 is 1. The molecule has 0 aliphatic rings. The summed E-state index contributed by atoms with van der Waals surface area (Å²) in [6, 6.07) is 1.93. The third-order valence-electron chi connectivity index (χ3n) is 1.90. The van der Waals surface area contributed by atoms with E-state index < -0.39 is 35.6 Å². The molecule has 0 fully saturated rings. The van der Waals surface area contributed by atoms with E-state index in [4.69, 9.17) is 0 Å². The van der Waals surface area contributed by atoms with E-state index in [1.165, 1.54) is 0 Å². The lowest BCUT2D eigenvalue weighted by Gasteiger charge is -2.12. The zero-order valence-corrected chi connectivity index (χ0v) is 8.92. The van der Waals surface area contributed by atoms with Gasteiger partial charge in [0.25, 0.3) is 6.43 Å². The van der Waals surface area contributed by atoms with Crippen molar-refractivity contribution in [2.75, 3.05) is 7.11 Å². The highest BCUT2D eigenvalue weighted by molar-refractivity contribution is 5.91. The van der Waals surface area contributed by atoms with Gasteiger partial charge >= 0.3 is 12.3 Å². The van der Waals surface area contributed by atoms with E-state index in [0.717, 1.165) is 7.11 Å². The normalized spacial score (nSPS) is 11.5. The maximum absolute atomic E-state index is 12.5. The number of hydrogen-bond acceptors (Lipinski definition) is 3. The molecule has 0 aliphatic heterocycles. The lowest BCUT2D eigenvalue weighted by Crippen LogP contribution is -2.18. The molecule has 1 aromatic carbocycles. The van der Waals surface area contributed by atoms with Gasteiger partial charge in [0, 0.05) is 5.56 Å². The Morgan fingerprint density at radius 2 is 1.89 bits per heavy atom. The second-order valence-electron chi connectivity index (χ2n) is 3.09. The highest BCUT2D eigenvalue weighted by atomic mass is 19.4. The van der Waals surface area contributed by atoms with Gasteiger partial charge in [-0.05, 0) is 18.2 Å². The molecule has 0 N–H and O–H groups in total. The van der Waals surface area contributed by atoms with Crippen LogP contribution in [0.3, 0.4) is 0 Å². The molecule has 8 heteroatoms. The zero-order chi connectivity index (χ0) is 13.9. The van der Waals surface area contributed by atoms with Gasteiger partial charge < -0.3 is 9.47 Å². The minimum Gasteiger partial charge on any atom is -0.465 e. The Labute approximate surface area is 98.1 Å². The Bertz CT molecular complexity index is 442. The van der Waals surface area contributed by atoms with Crippen LogP contribution >= 0.6 is 0 Å². The van der Waals surface area contributed by atoms with Gasteiger partial charge in [0.15, 0.2) is 0 Å². The van der Waals surface area contributed by atoms with Crippen molar-refractivity contribution in [3.8, 4) is 5.75 Å². The van der Waals surface area contributed by atoms with E-state index in [9.17, 15) is 26.7 Å². The molecule has 0 unspecified atom stereocenters. The molecule has 0 saturated carbocycles. The van der Waals surface area contributed by atoms with Gasteiger partial charge in [0.05, 0.1) is 12.7 Å². The minimum atomic E-state index is -4.97. The summed E-state index contributed by atoms with van der Waals surface area (Å²) in [6.07, 6.45) is -7.99. The maximum Gasteiger partial charge on any atom is 0.573 e. The highest BCUT2D eigenvalue weighted by Crippen LogP contribution is 2.29. The van der Waals surface area contributed by atoms with E-state index in [-0.39, 0.29) is 0 Å². The van der Waals surface area contributed by atoms with Gasteiger partial charge in [-0.1, -0.05) is 0 Å². The second kappa shape index (κ2) is 5.19. The number of alkyl halides is 5. The Kier molecular flexibility index (Phi) is 4.10. The van der Waals surface area contributed by atoms with Crippen LogP contribution in [0.25, 0.3) is 0 Å². The molecule has 100 valence electrons. The molecular formula is C10H7F5O3. The molecule has 0 heterocycles. The Morgan fingerprint density at radius 1 is 1.28 bits per heavy atom. The van der Waals surface area contributed by atoms with E-state index >= 15 is 0 Å². The molecule has 0 spiro atoms. The lowest BCUT2D eigenvalue weighted by atomic mass is 10.1. The van der Waals surface area contributed by atoms with Crippen molar-refractivity contribution in [3.63, 3.8) is 0 Å². The van der Waals surface area contributed by atoms with Crippen molar-refractivity contribution < 1.29 is 36.2 Å². The Hall–Kier alpha value is -1.86. The third kappa shape index (κ3) is 3.57. The fourth-order valence-corrected chi connectivity index (χ4v) is 1.21. The van der Waals surface area contributed by atoms with Crippen LogP contribution in [0.4, 0.5) is 22.0 Å². The molecule has 0 atom stereocenters. The summed E-state index contributed by atoms with van der Waals surface area (Å²) in [5.74, 6) is -1.94. The molecule has 0 aliphatic carbocycles. The van der Waals surface area contributed by atoms with Gasteiger partial charge in [0.2, 0.25) is 0 Å². The van der Waals surface area contributed by atoms with Crippen molar-refractivity contribution in [1.29, 1.82) is 0 Å². The number of halogens is 5. The summed E-state index contributed by atoms with van der Waals surface area (Å²) in [6.45, 7) is 0. The topological polar surface area (TPSA) is 35.5 Å². The average Bonchev–Trinajstić information content (AvgIpc) is 2.25. The van der Waals surface area contributed by atoms with Crippen LogP contribution in [-0.4, -0.2) is 19.4 Å². The van der Waals surface area contributed by atoms with Crippen molar-refractivity contribution in [3.05, 3.63) is 29.3 Å². The number of carbonyl (C=O) groups is 1. The number of esters is 1. The average molecular weight is 270 g/mol. The molecule has 0 amide bonds. The Balaban J connectivity index is 3.17. The van der Waals surface area contributed by atoms with Crippen LogP contribution in [0.2, 0.25) is 0 Å². The first-order chi connectivity index (χ1) is 8.24. The molecule has 18 heavy (non-hydrogen) atoms. The monoisotopic (exact) mass is 270 g/mol. The number of carbonyl (C=O) groups excluding carboxylic acids is 1. The predicted octanol–water partition coefficient (Wildman–Crippen LogP) is 3.31. The highest BCUT2D eigenvalue weighted by Gasteiger charge is 2.32. The summed E-state index contributed by atoms with van der Waals surface area (Å²) in [5.41, 5.74) is -1.40. The van der Waals surface area contributed by atoms with Crippen LogP contribution < -0.4 is 4.74 Å². The molecule has 0 aromatic heterocycles. The second-order valence-corrected chi connectivity index (χ2v) is 3.09. The minimum absolute atomic E-state index is 0.556. The zero-order valence-electron chi connectivity index (χ0n) is 8.92. The van der Waals surface area contributed by atoms with Crippen molar-refractivity contribution in [2.45, 2.75) is 12.8 Å². The summed E-state index contributed by atoms with van der Waals surface area (Å²) >= 11 is 0. The standard InChI is InChI=1S/C10H7F5O3/c1-17-9(16)7-4-5(18-10(13,14)15)2-3-6(7)8(11)12/h2-4,8H,1H3. The van der Waals surface area contributed by atoms with Crippen molar-refractivity contribution in [1.82, 2.24) is 0 Å². The fraction of sp³-hybridized carbons (Fsp3) is 0.300. The summed E-state index contributed by atoms with van der Waals surface area (Å²) < 4.78 is 68.6. The van der Waals surface area contributed by atoms with Gasteiger partial charge in [-0.25, -0.2) is 13.6 Å². The first-order valence-corrected chi connectivity index (χ1v) is 4.50. The molecule has 0 bridgehead atoms. The number of rotatable bonds is 3. The maximum atomic E-state index is 12.5.